The molecule has 2 rings (SSSR count). The molecule has 0 bridgehead atoms. The molecule has 0 spiro atoms. The van der Waals surface area contributed by atoms with E-state index >= 15 is 0 Å². The number of thiophene rings is 1. The van der Waals surface area contributed by atoms with Crippen molar-refractivity contribution < 1.29 is 5.11 Å². The maximum atomic E-state index is 12.3. The Morgan fingerprint density at radius 3 is 2.61 bits per heavy atom. The van der Waals surface area contributed by atoms with Crippen LogP contribution < -0.4 is 5.73 Å². The topological polar surface area (TPSA) is 45.9 Å². The minimum atomic E-state index is -0.803. The van der Waals surface area contributed by atoms with Crippen LogP contribution in [0.15, 0.2) is 24.3 Å². The summed E-state index contributed by atoms with van der Waals surface area (Å²) in [4.78, 5) is 2.35. The van der Waals surface area contributed by atoms with Crippen LogP contribution in [0.3, 0.4) is 0 Å². The average Bonchev–Trinajstić information content (AvgIpc) is 2.71. The van der Waals surface area contributed by atoms with E-state index < -0.39 is 6.10 Å². The van der Waals surface area contributed by atoms with Gasteiger partial charge in [-0.1, -0.05) is 12.1 Å². The summed E-state index contributed by atoms with van der Waals surface area (Å²) in [6, 6.07) is 7.73. The molecule has 0 amide bonds. The van der Waals surface area contributed by atoms with E-state index in [2.05, 4.69) is 6.92 Å². The first-order valence-electron chi connectivity index (χ1n) is 5.91. The van der Waals surface area contributed by atoms with Crippen LogP contribution in [-0.2, 0) is 11.5 Å². The molecule has 1 aromatic heterocycles. The summed E-state index contributed by atoms with van der Waals surface area (Å²) < 4.78 is 0. The Bertz CT molecular complexity index is 560. The van der Waals surface area contributed by atoms with Crippen molar-refractivity contribution in [3.63, 3.8) is 0 Å². The number of nitrogens with two attached hydrogens (primary N) is 1. The number of nitrogen functional groups attached to an aromatic ring is 1. The summed E-state index contributed by atoms with van der Waals surface area (Å²) in [7, 11) is 0. The number of rotatable bonds is 3. The Morgan fingerprint density at radius 2 is 2.00 bits per heavy atom. The van der Waals surface area contributed by atoms with Crippen LogP contribution in [-0.4, -0.2) is 0 Å². The second-order valence-corrected chi connectivity index (χ2v) is 5.93. The van der Waals surface area contributed by atoms with Gasteiger partial charge in [-0.3, -0.25) is 0 Å². The first-order chi connectivity index (χ1) is 8.49. The van der Waals surface area contributed by atoms with Gasteiger partial charge >= 0.3 is 0 Å². The van der Waals surface area contributed by atoms with Gasteiger partial charge in [-0.15, -0.1) is 11.3 Å². The van der Waals surface area contributed by atoms with E-state index in [4.69, 9.17) is 5.73 Å². The maximum absolute atomic E-state index is 12.3. The third-order valence-corrected chi connectivity index (χ3v) is 4.21. The van der Waals surface area contributed by atoms with Gasteiger partial charge in [0.1, 0.15) is 6.10 Å². The van der Waals surface area contributed by atoms with E-state index in [9.17, 15) is 5.11 Å². The van der Waals surface area contributed by atoms with Gasteiger partial charge in [-0.25, -0.2) is 5.11 Å². The highest BCUT2D eigenvalue weighted by atomic mass is 32.1. The predicted octanol–water partition coefficient (Wildman–Crippen LogP) is 3.84. The molecule has 2 aromatic rings. The monoisotopic (exact) mass is 259 g/mol. The van der Waals surface area contributed by atoms with E-state index in [-0.39, 0.29) is 0 Å². The minimum absolute atomic E-state index is 0.499. The molecule has 0 aliphatic rings. The van der Waals surface area contributed by atoms with Crippen molar-refractivity contribution in [1.29, 1.82) is 0 Å². The maximum Gasteiger partial charge on any atom is 0.125 e. The number of aryl methyl sites for hydroxylation is 1. The summed E-state index contributed by atoms with van der Waals surface area (Å²) >= 11 is 1.67. The van der Waals surface area contributed by atoms with Crippen molar-refractivity contribution in [2.24, 2.45) is 0 Å². The fraction of sp³-hybridized carbons (Fsp3) is 0.267. The van der Waals surface area contributed by atoms with Crippen LogP contribution in [0, 0.1) is 20.8 Å². The van der Waals surface area contributed by atoms with Crippen molar-refractivity contribution in [3.05, 3.63) is 57.6 Å². The zero-order chi connectivity index (χ0) is 13.3. The van der Waals surface area contributed by atoms with E-state index in [1.807, 2.05) is 38.1 Å². The average molecular weight is 259 g/mol. The normalized spacial score (nSPS) is 12.7. The molecule has 2 radical (unpaired) electrons. The molecule has 0 saturated carbocycles. The Kier molecular flexibility index (Phi) is 3.73. The van der Waals surface area contributed by atoms with Crippen LogP contribution in [0.4, 0.5) is 5.69 Å². The summed E-state index contributed by atoms with van der Waals surface area (Å²) in [5.41, 5.74) is 9.08. The summed E-state index contributed by atoms with van der Waals surface area (Å²) in [6.07, 6.45) is -0.305. The van der Waals surface area contributed by atoms with Crippen molar-refractivity contribution in [3.8, 4) is 0 Å². The molecule has 1 aromatic carbocycles. The van der Waals surface area contributed by atoms with Gasteiger partial charge in [0, 0.05) is 27.4 Å². The number of hydrogen-bond acceptors (Lipinski definition) is 2. The smallest absolute Gasteiger partial charge is 0.125 e. The fourth-order valence-electron chi connectivity index (χ4n) is 1.96. The molecule has 1 heterocycles. The molecule has 2 N–H and O–H groups in total. The highest BCUT2D eigenvalue weighted by Gasteiger charge is 2.16. The largest absolute Gasteiger partial charge is 0.398 e. The Hall–Kier alpha value is -1.32. The SMILES string of the molecule is [CH2]c1ccc(C([O])Cc2ccc(C)s2)c(N)c1C. The summed E-state index contributed by atoms with van der Waals surface area (Å²) in [6.45, 7) is 7.84. The molecule has 18 heavy (non-hydrogen) atoms. The van der Waals surface area contributed by atoms with E-state index in [0.717, 1.165) is 16.0 Å². The van der Waals surface area contributed by atoms with Gasteiger partial charge in [-0.05, 0) is 44.0 Å². The first kappa shape index (κ1) is 13.1. The molecule has 3 heteroatoms. The lowest BCUT2D eigenvalue weighted by atomic mass is 9.98. The highest BCUT2D eigenvalue weighted by Crippen LogP contribution is 2.30. The quantitative estimate of drug-likeness (QED) is 0.836. The number of anilines is 1. The second kappa shape index (κ2) is 5.12. The summed E-state index contributed by atoms with van der Waals surface area (Å²) in [5.74, 6) is 0. The molecule has 2 nitrogen and oxygen atoms in total. The van der Waals surface area contributed by atoms with Crippen molar-refractivity contribution in [1.82, 2.24) is 0 Å². The van der Waals surface area contributed by atoms with Crippen LogP contribution in [0.1, 0.15) is 32.5 Å². The molecular weight excluding hydrogens is 242 g/mol. The van der Waals surface area contributed by atoms with Crippen LogP contribution in [0.5, 0.6) is 0 Å². The van der Waals surface area contributed by atoms with Crippen LogP contribution in [0.2, 0.25) is 0 Å². The predicted molar refractivity (Wildman–Crippen MR) is 76.2 cm³/mol. The van der Waals surface area contributed by atoms with Gasteiger partial charge in [0.25, 0.3) is 0 Å². The Labute approximate surface area is 112 Å². The van der Waals surface area contributed by atoms with Crippen LogP contribution in [0.25, 0.3) is 0 Å². The first-order valence-corrected chi connectivity index (χ1v) is 6.72. The fourth-order valence-corrected chi connectivity index (χ4v) is 2.88. The summed E-state index contributed by atoms with van der Waals surface area (Å²) in [5, 5.41) is 12.3. The molecule has 94 valence electrons. The van der Waals surface area contributed by atoms with Gasteiger partial charge in [-0.2, -0.15) is 0 Å². The molecule has 1 atom stereocenters. The number of hydrogen-bond donors (Lipinski definition) is 1. The second-order valence-electron chi connectivity index (χ2n) is 4.56. The van der Waals surface area contributed by atoms with Crippen molar-refractivity contribution >= 4 is 17.0 Å². The molecular formula is C15H17NOS. The van der Waals surface area contributed by atoms with Crippen LogP contribution >= 0.6 is 11.3 Å². The third kappa shape index (κ3) is 2.57. The standard InChI is InChI=1S/C15H17NOS/c1-9-4-7-13(15(16)11(9)3)14(17)8-12-6-5-10(2)18-12/h4-7,14H,1,8,16H2,2-3H3. The van der Waals surface area contributed by atoms with Gasteiger partial charge in [0.15, 0.2) is 0 Å². The molecule has 0 fully saturated rings. The molecule has 1 unspecified atom stereocenters. The van der Waals surface area contributed by atoms with Gasteiger partial charge < -0.3 is 5.73 Å². The molecule has 0 saturated heterocycles. The lowest BCUT2D eigenvalue weighted by Gasteiger charge is -2.14. The van der Waals surface area contributed by atoms with E-state index in [1.54, 1.807) is 11.3 Å². The zero-order valence-electron chi connectivity index (χ0n) is 10.7. The Morgan fingerprint density at radius 1 is 1.28 bits per heavy atom. The lowest BCUT2D eigenvalue weighted by molar-refractivity contribution is 0.0907. The minimum Gasteiger partial charge on any atom is -0.398 e. The molecule has 0 aliphatic heterocycles. The number of benzene rings is 1. The van der Waals surface area contributed by atoms with E-state index in [0.29, 0.717) is 17.7 Å². The van der Waals surface area contributed by atoms with Crippen molar-refractivity contribution in [2.75, 3.05) is 5.73 Å². The highest BCUT2D eigenvalue weighted by molar-refractivity contribution is 7.11. The van der Waals surface area contributed by atoms with Gasteiger partial charge in [0.05, 0.1) is 0 Å². The zero-order valence-corrected chi connectivity index (χ0v) is 11.5. The molecule has 0 aliphatic carbocycles. The third-order valence-electron chi connectivity index (χ3n) is 3.19. The Balaban J connectivity index is 2.24. The van der Waals surface area contributed by atoms with Gasteiger partial charge in [0.2, 0.25) is 0 Å². The lowest BCUT2D eigenvalue weighted by Crippen LogP contribution is -2.05. The van der Waals surface area contributed by atoms with Crippen molar-refractivity contribution in [2.45, 2.75) is 26.4 Å². The van der Waals surface area contributed by atoms with E-state index in [1.165, 1.54) is 4.88 Å².